The van der Waals surface area contributed by atoms with E-state index < -0.39 is 59.7 Å². The number of aliphatic imine (C=N–C) groups is 1. The number of unbranched alkanes of at least 4 members (excludes halogenated alkanes) is 3. The van der Waals surface area contributed by atoms with Gasteiger partial charge in [-0.05, 0) is 72.7 Å². The Kier molecular flexibility index (Phi) is 22.3. The Morgan fingerprint density at radius 2 is 1.13 bits per heavy atom. The van der Waals surface area contributed by atoms with Crippen molar-refractivity contribution in [2.75, 3.05) is 19.7 Å². The fraction of sp³-hybridized carbons (Fsp3) is 0.365. The summed E-state index contributed by atoms with van der Waals surface area (Å²) >= 11 is 6.21. The highest BCUT2D eigenvalue weighted by atomic mass is 35.5. The number of nitrogens with one attached hydrogen (secondary N) is 6. The van der Waals surface area contributed by atoms with E-state index in [0.29, 0.717) is 29.1 Å². The van der Waals surface area contributed by atoms with Crippen LogP contribution < -0.4 is 49.5 Å². The second-order valence-corrected chi connectivity index (χ2v) is 17.7. The second kappa shape index (κ2) is 29.0. The number of rotatable bonds is 30. The summed E-state index contributed by atoms with van der Waals surface area (Å²) in [7, 11) is 0. The summed E-state index contributed by atoms with van der Waals surface area (Å²) in [4.78, 5) is 91.0. The molecule has 4 aromatic carbocycles. The highest BCUT2D eigenvalue weighted by molar-refractivity contribution is 6.30. The van der Waals surface area contributed by atoms with Gasteiger partial charge < -0.3 is 59.2 Å². The summed E-state index contributed by atoms with van der Waals surface area (Å²) in [5, 5.41) is 15.2. The number of aromatic nitrogens is 1. The lowest BCUT2D eigenvalue weighted by Crippen LogP contribution is -2.60. The number of amides is 6. The molecule has 0 spiro atoms. The van der Waals surface area contributed by atoms with E-state index >= 15 is 0 Å². The highest BCUT2D eigenvalue weighted by Gasteiger charge is 2.33. The quantitative estimate of drug-likeness (QED) is 0.0182. The molecule has 0 saturated carbocycles. The van der Waals surface area contributed by atoms with Gasteiger partial charge in [0.25, 0.3) is 0 Å². The van der Waals surface area contributed by atoms with Gasteiger partial charge in [0.1, 0.15) is 30.2 Å². The normalized spacial score (nSPS) is 13.2. The van der Waals surface area contributed by atoms with Crippen molar-refractivity contribution in [3.8, 4) is 0 Å². The first-order chi connectivity index (χ1) is 34.3. The van der Waals surface area contributed by atoms with Crippen molar-refractivity contribution in [1.29, 1.82) is 0 Å². The van der Waals surface area contributed by atoms with Gasteiger partial charge in [-0.2, -0.15) is 0 Å². The van der Waals surface area contributed by atoms with Crippen LogP contribution in [0.1, 0.15) is 67.2 Å². The molecule has 19 heteroatoms. The van der Waals surface area contributed by atoms with Gasteiger partial charge in [-0.15, -0.1) is 0 Å². The first kappa shape index (κ1) is 54.7. The summed E-state index contributed by atoms with van der Waals surface area (Å²) in [6, 6.07) is 26.3. The third-order valence-corrected chi connectivity index (χ3v) is 11.9. The van der Waals surface area contributed by atoms with E-state index in [-0.39, 0.29) is 70.2 Å². The molecule has 0 aliphatic heterocycles. The van der Waals surface area contributed by atoms with Gasteiger partial charge in [0.05, 0.1) is 13.2 Å². The highest BCUT2D eigenvalue weighted by Crippen LogP contribution is 2.20. The number of hydrogen-bond acceptors (Lipinski definition) is 9. The summed E-state index contributed by atoms with van der Waals surface area (Å²) in [5.41, 5.74) is 26.3. The molecule has 6 amide bonds. The van der Waals surface area contributed by atoms with E-state index in [1.807, 2.05) is 60.7 Å². The van der Waals surface area contributed by atoms with Gasteiger partial charge in [-0.3, -0.25) is 33.8 Å². The van der Waals surface area contributed by atoms with Crippen LogP contribution in [0.5, 0.6) is 0 Å². The number of H-pyrrole nitrogens is 1. The number of aromatic amines is 1. The van der Waals surface area contributed by atoms with E-state index in [4.69, 9.17) is 39.3 Å². The number of carbonyl (C=O) groups excluding carboxylic acids is 6. The van der Waals surface area contributed by atoms with Crippen molar-refractivity contribution in [1.82, 2.24) is 31.6 Å². The van der Waals surface area contributed by atoms with E-state index in [1.165, 1.54) is 0 Å². The Bertz CT molecular complexity index is 2520. The maximum Gasteiger partial charge on any atom is 0.245 e. The molecule has 0 bridgehead atoms. The number of primary amides is 1. The lowest BCUT2D eigenvalue weighted by atomic mass is 10.0. The zero-order valence-corrected chi connectivity index (χ0v) is 40.5. The number of guanidine groups is 1. The first-order valence-corrected chi connectivity index (χ1v) is 24.2. The van der Waals surface area contributed by atoms with Crippen LogP contribution in [0, 0.1) is 0 Å². The number of fused-ring (bicyclic) bond motifs is 1. The molecular formula is C52H66ClN11O7. The van der Waals surface area contributed by atoms with Crippen molar-refractivity contribution >= 4 is 63.9 Å². The van der Waals surface area contributed by atoms with Crippen LogP contribution in [-0.2, 0) is 59.4 Å². The SMILES string of the molecule is NCCCCCCC(=O)N[C@@H](COCc1ccccc1)C(=O)N[C@H](Cc1ccc(Cl)cc1)C(=O)N[C@@H](CCCN=C(N)N)C(=O)N[C@@H](Cc1c[nH]c2ccccc12)C(=O)N[C@@H](Cc1ccccc1)C(N)=O. The molecule has 14 N–H and O–H groups in total. The van der Waals surface area contributed by atoms with Gasteiger partial charge in [0, 0.05) is 54.4 Å². The third kappa shape index (κ3) is 18.9. The van der Waals surface area contributed by atoms with E-state index in [1.54, 1.807) is 54.7 Å². The number of benzene rings is 4. The van der Waals surface area contributed by atoms with E-state index in [2.05, 4.69) is 36.6 Å². The number of nitrogens with zero attached hydrogens (tertiary/aromatic N) is 1. The van der Waals surface area contributed by atoms with Gasteiger partial charge >= 0.3 is 0 Å². The minimum Gasteiger partial charge on any atom is -0.374 e. The standard InChI is InChI=1S/C52H66ClN11O7/c53-38-24-22-35(23-25-38)29-43(63-51(70)45(33-71-32-36-16-7-4-8-17-36)60-46(65)21-9-1-2-12-26-54)49(68)61-41(20-13-27-58-52(56)57)48(67)64-44(30-37-31-59-40-19-11-10-18-39(37)40)50(69)62-42(47(55)66)28-34-14-5-3-6-15-34/h3-8,10-11,14-19,22-25,31,41-45,59H,1-2,9,12-13,20-21,26-30,32-33,54H2,(H2,55,66)(H,60,65)(H,61,68)(H,62,69)(H,63,70)(H,64,67)(H4,56,57,58)/t41-,42-,43+,44-,45-/m0/s1. The molecule has 0 aliphatic rings. The van der Waals surface area contributed by atoms with Crippen molar-refractivity contribution in [2.24, 2.45) is 27.9 Å². The van der Waals surface area contributed by atoms with Crippen molar-refractivity contribution < 1.29 is 33.5 Å². The lowest BCUT2D eigenvalue weighted by Gasteiger charge is -2.27. The number of hydrogen-bond donors (Lipinski definition) is 10. The second-order valence-electron chi connectivity index (χ2n) is 17.3. The maximum atomic E-state index is 14.6. The summed E-state index contributed by atoms with van der Waals surface area (Å²) < 4.78 is 5.94. The number of nitrogens with two attached hydrogens (primary N) is 4. The molecule has 5 aromatic rings. The molecule has 378 valence electrons. The smallest absolute Gasteiger partial charge is 0.245 e. The average molecular weight is 993 g/mol. The van der Waals surface area contributed by atoms with Crippen molar-refractivity contribution in [2.45, 2.75) is 101 Å². The monoisotopic (exact) mass is 991 g/mol. The van der Waals surface area contributed by atoms with Crippen LogP contribution in [0.3, 0.4) is 0 Å². The molecule has 5 atom stereocenters. The van der Waals surface area contributed by atoms with Crippen LogP contribution in [0.25, 0.3) is 10.9 Å². The maximum absolute atomic E-state index is 14.6. The van der Waals surface area contributed by atoms with Crippen LogP contribution >= 0.6 is 11.6 Å². The number of halogens is 1. The Balaban J connectivity index is 1.41. The fourth-order valence-corrected chi connectivity index (χ4v) is 7.96. The molecule has 0 aliphatic carbocycles. The summed E-state index contributed by atoms with van der Waals surface area (Å²) in [5.74, 6) is -4.21. The van der Waals surface area contributed by atoms with Crippen LogP contribution in [0.2, 0.25) is 5.02 Å². The molecule has 0 radical (unpaired) electrons. The molecule has 71 heavy (non-hydrogen) atoms. The third-order valence-electron chi connectivity index (χ3n) is 11.6. The summed E-state index contributed by atoms with van der Waals surface area (Å²) in [6.45, 7) is 0.593. The van der Waals surface area contributed by atoms with Gasteiger partial charge in [-0.25, -0.2) is 0 Å². The Labute approximate surface area is 418 Å². The van der Waals surface area contributed by atoms with Gasteiger partial charge in [0.2, 0.25) is 35.4 Å². The van der Waals surface area contributed by atoms with Crippen molar-refractivity contribution in [3.63, 3.8) is 0 Å². The fourth-order valence-electron chi connectivity index (χ4n) is 7.83. The molecule has 18 nitrogen and oxygen atoms in total. The molecule has 5 rings (SSSR count). The molecule has 0 unspecified atom stereocenters. The average Bonchev–Trinajstić information content (AvgIpc) is 3.77. The zero-order valence-electron chi connectivity index (χ0n) is 39.7. The largest absolute Gasteiger partial charge is 0.374 e. The van der Waals surface area contributed by atoms with E-state index in [9.17, 15) is 28.8 Å². The number of para-hydroxylation sites is 1. The molecule has 1 aromatic heterocycles. The predicted octanol–water partition coefficient (Wildman–Crippen LogP) is 2.94. The van der Waals surface area contributed by atoms with Gasteiger partial charge in [0.15, 0.2) is 5.96 Å². The molecule has 1 heterocycles. The Morgan fingerprint density at radius 3 is 1.79 bits per heavy atom. The van der Waals surface area contributed by atoms with Crippen LogP contribution in [0.4, 0.5) is 0 Å². The molecule has 0 saturated heterocycles. The Morgan fingerprint density at radius 1 is 0.577 bits per heavy atom. The Hall–Kier alpha value is -7.28. The number of carbonyl (C=O) groups is 6. The van der Waals surface area contributed by atoms with Crippen molar-refractivity contribution in [3.05, 3.63) is 143 Å². The first-order valence-electron chi connectivity index (χ1n) is 23.8. The van der Waals surface area contributed by atoms with Crippen LogP contribution in [0.15, 0.2) is 120 Å². The summed E-state index contributed by atoms with van der Waals surface area (Å²) in [6.07, 6.45) is 5.20. The van der Waals surface area contributed by atoms with Crippen LogP contribution in [-0.4, -0.2) is 96.3 Å². The number of ether oxygens (including phenoxy) is 1. The topological polar surface area (TPSA) is 304 Å². The van der Waals surface area contributed by atoms with E-state index in [0.717, 1.165) is 41.3 Å². The molecule has 0 fully saturated rings. The minimum atomic E-state index is -1.31. The predicted molar refractivity (Wildman–Crippen MR) is 274 cm³/mol. The van der Waals surface area contributed by atoms with Gasteiger partial charge in [-0.1, -0.05) is 115 Å². The minimum absolute atomic E-state index is 0.00735. The zero-order chi connectivity index (χ0) is 51.0. The molecular weight excluding hydrogens is 926 g/mol. The lowest BCUT2D eigenvalue weighted by molar-refractivity contribution is -0.135.